The van der Waals surface area contributed by atoms with Crippen molar-refractivity contribution in [1.29, 1.82) is 10.5 Å². The van der Waals surface area contributed by atoms with Crippen LogP contribution in [0.3, 0.4) is 0 Å². The summed E-state index contributed by atoms with van der Waals surface area (Å²) in [6.07, 6.45) is -4.95. The van der Waals surface area contributed by atoms with Gasteiger partial charge in [0, 0.05) is 32.8 Å². The Hall–Kier alpha value is -7.11. The standard InChI is InChI=1S/C42H19F6N5/c43-31-17-26(18-32(44)37(31)45)27-5-1-2-6-28(27)40-36-30(42(46,47)48)19-34-41(35(36)29-7-3-4-8-33(29)51-40)53-39(25-15-11-23(21-50)12-16-25)38(52-34)24-13-9-22(20-49)10-14-24/h1-19H. The van der Waals surface area contributed by atoms with Gasteiger partial charge in [-0.15, -0.1) is 0 Å². The van der Waals surface area contributed by atoms with E-state index in [4.69, 9.17) is 15.0 Å². The van der Waals surface area contributed by atoms with Crippen LogP contribution < -0.4 is 0 Å². The van der Waals surface area contributed by atoms with Gasteiger partial charge in [-0.3, -0.25) is 0 Å². The molecule has 8 rings (SSSR count). The highest BCUT2D eigenvalue weighted by Gasteiger charge is 2.36. The smallest absolute Gasteiger partial charge is 0.247 e. The summed E-state index contributed by atoms with van der Waals surface area (Å²) < 4.78 is 89.1. The van der Waals surface area contributed by atoms with Gasteiger partial charge in [-0.1, -0.05) is 66.7 Å². The second kappa shape index (κ2) is 12.6. The number of nitriles is 2. The Kier molecular flexibility index (Phi) is 7.85. The minimum Gasteiger partial charge on any atom is -0.247 e. The highest BCUT2D eigenvalue weighted by molar-refractivity contribution is 6.23. The Balaban J connectivity index is 1.54. The van der Waals surface area contributed by atoms with Gasteiger partial charge in [-0.25, -0.2) is 28.1 Å². The lowest BCUT2D eigenvalue weighted by Gasteiger charge is -2.20. The van der Waals surface area contributed by atoms with E-state index >= 15 is 13.2 Å². The maximum Gasteiger partial charge on any atom is 0.417 e. The Labute approximate surface area is 296 Å². The molecule has 6 aromatic carbocycles. The SMILES string of the molecule is N#Cc1ccc(-c2nc3cc(C(F)(F)F)c4c(-c5ccccc5-c5cc(F)c(F)c(F)c5)nc5ccccc5c4c3nc2-c2ccc(C#N)cc2)cc1. The molecular formula is C42H19F6N5. The molecule has 0 saturated carbocycles. The van der Waals surface area contributed by atoms with Crippen molar-refractivity contribution in [2.45, 2.75) is 6.18 Å². The molecule has 2 heterocycles. The fourth-order valence-electron chi connectivity index (χ4n) is 6.54. The average molecular weight is 708 g/mol. The second-order valence-electron chi connectivity index (χ2n) is 12.1. The Morgan fingerprint density at radius 3 is 1.62 bits per heavy atom. The number of pyridine rings is 1. The third-order valence-corrected chi connectivity index (χ3v) is 8.96. The third kappa shape index (κ3) is 5.65. The first-order valence-corrected chi connectivity index (χ1v) is 16.0. The maximum absolute atomic E-state index is 15.4. The molecule has 254 valence electrons. The Morgan fingerprint density at radius 1 is 0.509 bits per heavy atom. The first-order valence-electron chi connectivity index (χ1n) is 16.0. The van der Waals surface area contributed by atoms with Crippen LogP contribution in [0.1, 0.15) is 16.7 Å². The minimum atomic E-state index is -4.95. The molecule has 0 aliphatic carbocycles. The maximum atomic E-state index is 15.4. The number of hydrogen-bond acceptors (Lipinski definition) is 5. The average Bonchev–Trinajstić information content (AvgIpc) is 3.18. The van der Waals surface area contributed by atoms with Gasteiger partial charge in [-0.2, -0.15) is 23.7 Å². The summed E-state index contributed by atoms with van der Waals surface area (Å²) in [5, 5.41) is 18.9. The van der Waals surface area contributed by atoms with Crippen LogP contribution in [-0.2, 0) is 6.18 Å². The molecule has 0 amide bonds. The van der Waals surface area contributed by atoms with Crippen molar-refractivity contribution in [2.24, 2.45) is 0 Å². The molecule has 11 heteroatoms. The van der Waals surface area contributed by atoms with E-state index in [-0.39, 0.29) is 49.9 Å². The van der Waals surface area contributed by atoms with Crippen molar-refractivity contribution in [3.05, 3.63) is 149 Å². The largest absolute Gasteiger partial charge is 0.417 e. The van der Waals surface area contributed by atoms with Gasteiger partial charge in [0.2, 0.25) is 0 Å². The van der Waals surface area contributed by atoms with Gasteiger partial charge in [-0.05, 0) is 59.7 Å². The van der Waals surface area contributed by atoms with Gasteiger partial charge in [0.1, 0.15) is 0 Å². The third-order valence-electron chi connectivity index (χ3n) is 8.96. The van der Waals surface area contributed by atoms with E-state index in [2.05, 4.69) is 6.07 Å². The number of rotatable bonds is 4. The second-order valence-corrected chi connectivity index (χ2v) is 12.1. The van der Waals surface area contributed by atoms with E-state index < -0.39 is 29.2 Å². The summed E-state index contributed by atoms with van der Waals surface area (Å²) in [5.41, 5.74) is 1.51. The molecule has 5 nitrogen and oxygen atoms in total. The van der Waals surface area contributed by atoms with E-state index in [1.807, 2.05) is 6.07 Å². The zero-order valence-electron chi connectivity index (χ0n) is 27.0. The molecule has 0 spiro atoms. The molecular weight excluding hydrogens is 688 g/mol. The first-order chi connectivity index (χ1) is 25.5. The summed E-state index contributed by atoms with van der Waals surface area (Å²) >= 11 is 0. The van der Waals surface area contributed by atoms with Gasteiger partial charge in [0.05, 0.1) is 62.5 Å². The molecule has 0 atom stereocenters. The lowest BCUT2D eigenvalue weighted by Crippen LogP contribution is -2.09. The predicted molar refractivity (Wildman–Crippen MR) is 188 cm³/mol. The molecule has 53 heavy (non-hydrogen) atoms. The van der Waals surface area contributed by atoms with Crippen molar-refractivity contribution < 1.29 is 26.3 Å². The van der Waals surface area contributed by atoms with E-state index in [0.717, 1.165) is 18.2 Å². The normalized spacial score (nSPS) is 11.5. The zero-order chi connectivity index (χ0) is 37.0. The molecule has 0 fully saturated rings. The highest BCUT2D eigenvalue weighted by atomic mass is 19.4. The molecule has 0 aliphatic heterocycles. The van der Waals surface area contributed by atoms with Crippen molar-refractivity contribution in [3.8, 4) is 57.0 Å². The number of alkyl halides is 3. The van der Waals surface area contributed by atoms with Gasteiger partial charge in [0.25, 0.3) is 0 Å². The van der Waals surface area contributed by atoms with Crippen molar-refractivity contribution in [2.75, 3.05) is 0 Å². The Morgan fingerprint density at radius 2 is 1.04 bits per heavy atom. The van der Waals surface area contributed by atoms with E-state index in [9.17, 15) is 23.7 Å². The molecule has 0 saturated heterocycles. The quantitative estimate of drug-likeness (QED) is 0.103. The van der Waals surface area contributed by atoms with Gasteiger partial charge >= 0.3 is 6.18 Å². The van der Waals surface area contributed by atoms with E-state index in [1.165, 1.54) is 12.1 Å². The molecule has 2 aromatic heterocycles. The topological polar surface area (TPSA) is 86.2 Å². The molecule has 8 aromatic rings. The summed E-state index contributed by atoms with van der Waals surface area (Å²) in [4.78, 5) is 14.5. The van der Waals surface area contributed by atoms with Crippen LogP contribution in [0.25, 0.3) is 77.6 Å². The van der Waals surface area contributed by atoms with Gasteiger partial charge < -0.3 is 0 Å². The number of aromatic nitrogens is 3. The fourth-order valence-corrected chi connectivity index (χ4v) is 6.54. The predicted octanol–water partition coefficient (Wildman–Crippen LogP) is 11.2. The number of nitrogens with zero attached hydrogens (tertiary/aromatic N) is 5. The van der Waals surface area contributed by atoms with Crippen molar-refractivity contribution in [3.63, 3.8) is 0 Å². The monoisotopic (exact) mass is 707 g/mol. The minimum absolute atomic E-state index is 0.0791. The number of fused-ring (bicyclic) bond motifs is 5. The summed E-state index contributed by atoms with van der Waals surface area (Å²) in [7, 11) is 0. The van der Waals surface area contributed by atoms with E-state index in [1.54, 1.807) is 84.9 Å². The number of hydrogen-bond donors (Lipinski definition) is 0. The molecule has 0 radical (unpaired) electrons. The molecule has 0 bridgehead atoms. The van der Waals surface area contributed by atoms with Crippen LogP contribution in [-0.4, -0.2) is 15.0 Å². The van der Waals surface area contributed by atoms with Crippen LogP contribution in [0.5, 0.6) is 0 Å². The Bertz CT molecular complexity index is 2850. The van der Waals surface area contributed by atoms with Crippen LogP contribution in [0, 0.1) is 40.1 Å². The number of benzene rings is 6. The van der Waals surface area contributed by atoms with Crippen molar-refractivity contribution in [1.82, 2.24) is 15.0 Å². The number of halogens is 6. The molecule has 0 aliphatic rings. The lowest BCUT2D eigenvalue weighted by atomic mass is 9.90. The van der Waals surface area contributed by atoms with Crippen LogP contribution >= 0.6 is 0 Å². The zero-order valence-corrected chi connectivity index (χ0v) is 27.0. The van der Waals surface area contributed by atoms with Crippen molar-refractivity contribution >= 4 is 32.7 Å². The summed E-state index contributed by atoms with van der Waals surface area (Å²) in [6, 6.07) is 32.1. The summed E-state index contributed by atoms with van der Waals surface area (Å²) in [6.45, 7) is 0. The molecule has 0 N–H and O–H groups in total. The summed E-state index contributed by atoms with van der Waals surface area (Å²) in [5.74, 6) is -4.60. The van der Waals surface area contributed by atoms with Crippen LogP contribution in [0.2, 0.25) is 0 Å². The fraction of sp³-hybridized carbons (Fsp3) is 0.0238. The molecule has 0 unspecified atom stereocenters. The highest BCUT2D eigenvalue weighted by Crippen LogP contribution is 2.47. The van der Waals surface area contributed by atoms with E-state index in [0.29, 0.717) is 38.9 Å². The first kappa shape index (κ1) is 33.1. The van der Waals surface area contributed by atoms with Crippen LogP contribution in [0.15, 0.2) is 115 Å². The number of para-hydroxylation sites is 1. The van der Waals surface area contributed by atoms with Gasteiger partial charge in [0.15, 0.2) is 17.5 Å². The van der Waals surface area contributed by atoms with Crippen LogP contribution in [0.4, 0.5) is 26.3 Å². The lowest BCUT2D eigenvalue weighted by molar-refractivity contribution is -0.136.